The zero-order chi connectivity index (χ0) is 24.7. The minimum absolute atomic E-state index is 0.0362. The molecule has 180 valence electrons. The number of hydrogen-bond acceptors (Lipinski definition) is 8. The van der Waals surface area contributed by atoms with Crippen molar-refractivity contribution in [2.75, 3.05) is 5.32 Å². The second kappa shape index (κ2) is 8.91. The molecule has 1 aliphatic rings. The fourth-order valence-corrected chi connectivity index (χ4v) is 5.25. The lowest BCUT2D eigenvalue weighted by atomic mass is 9.72. The molecule has 34 heavy (non-hydrogen) atoms. The fraction of sp³-hybridized carbons (Fsp3) is 0.409. The van der Waals surface area contributed by atoms with Gasteiger partial charge in [0.25, 0.3) is 0 Å². The molecule has 1 saturated carbocycles. The molecule has 0 spiro atoms. The summed E-state index contributed by atoms with van der Waals surface area (Å²) in [6.07, 6.45) is -0.902. The first-order chi connectivity index (χ1) is 15.9. The average Bonchev–Trinajstić information content (AvgIpc) is 3.24. The summed E-state index contributed by atoms with van der Waals surface area (Å²) in [6.45, 7) is 3.73. The highest BCUT2D eigenvalue weighted by atomic mass is 32.1. The molecule has 8 nitrogen and oxygen atoms in total. The van der Waals surface area contributed by atoms with Crippen LogP contribution in [0.3, 0.4) is 0 Å². The number of thiazole rings is 1. The van der Waals surface area contributed by atoms with E-state index in [1.807, 2.05) is 19.9 Å². The number of pyridine rings is 1. The molecule has 0 unspecified atom stereocenters. The topological polar surface area (TPSA) is 127 Å². The van der Waals surface area contributed by atoms with E-state index in [1.54, 1.807) is 12.3 Å². The molecule has 4 N–H and O–H groups in total. The number of nitrogens with one attached hydrogen (secondary N) is 1. The molecule has 1 amide bonds. The largest absolute Gasteiger partial charge is 0.433 e. The van der Waals surface area contributed by atoms with Gasteiger partial charge in [0, 0.05) is 18.2 Å². The van der Waals surface area contributed by atoms with Gasteiger partial charge in [0.1, 0.15) is 34.3 Å². The van der Waals surface area contributed by atoms with Gasteiger partial charge < -0.3 is 16.2 Å². The molecular weight excluding hydrogens is 469 g/mol. The van der Waals surface area contributed by atoms with Crippen molar-refractivity contribution < 1.29 is 23.1 Å². The van der Waals surface area contributed by atoms with E-state index in [9.17, 15) is 23.1 Å². The molecular formula is C22H23F3N6O2S. The van der Waals surface area contributed by atoms with E-state index in [4.69, 9.17) is 5.73 Å². The molecule has 3 aromatic rings. The van der Waals surface area contributed by atoms with Gasteiger partial charge in [-0.2, -0.15) is 13.2 Å². The zero-order valence-electron chi connectivity index (χ0n) is 18.4. The van der Waals surface area contributed by atoms with Gasteiger partial charge in [0.2, 0.25) is 5.91 Å². The Labute approximate surface area is 197 Å². The van der Waals surface area contributed by atoms with Crippen molar-refractivity contribution in [3.8, 4) is 10.6 Å². The molecule has 3 aromatic heterocycles. The first-order valence-electron chi connectivity index (χ1n) is 10.6. The third-order valence-corrected chi connectivity index (χ3v) is 7.13. The molecule has 0 aliphatic heterocycles. The van der Waals surface area contributed by atoms with Crippen molar-refractivity contribution in [3.63, 3.8) is 0 Å². The summed E-state index contributed by atoms with van der Waals surface area (Å²) in [5.74, 6) is -0.432. The minimum Gasteiger partial charge on any atom is -0.383 e. The van der Waals surface area contributed by atoms with E-state index in [1.165, 1.54) is 11.3 Å². The van der Waals surface area contributed by atoms with E-state index < -0.39 is 17.5 Å². The van der Waals surface area contributed by atoms with Gasteiger partial charge in [-0.15, -0.1) is 11.3 Å². The number of anilines is 2. The Morgan fingerprint density at radius 2 is 2.00 bits per heavy atom. The Bertz CT molecular complexity index is 1220. The first-order valence-corrected chi connectivity index (χ1v) is 11.4. The number of alkyl halides is 3. The van der Waals surface area contributed by atoms with Crippen LogP contribution in [-0.2, 0) is 16.6 Å². The highest BCUT2D eigenvalue weighted by Crippen LogP contribution is 2.45. The highest BCUT2D eigenvalue weighted by molar-refractivity contribution is 7.15. The Balaban J connectivity index is 1.57. The molecule has 0 bridgehead atoms. The number of carbonyl (C=O) groups excluding carboxylic acids is 1. The van der Waals surface area contributed by atoms with Crippen molar-refractivity contribution >= 4 is 28.9 Å². The molecule has 1 fully saturated rings. The maximum Gasteiger partial charge on any atom is 0.433 e. The summed E-state index contributed by atoms with van der Waals surface area (Å²) < 4.78 is 38.8. The number of rotatable bonds is 5. The maximum absolute atomic E-state index is 12.9. The lowest BCUT2D eigenvalue weighted by Crippen LogP contribution is -2.40. The SMILES string of the molecule is Cc1cc(Nc2cc(C(F)(F)F)ncn2)nc(-c2cnc([C@]3(O)CC[C@H](C(N)=O)[C@H](C)C3)s2)c1. The second-order valence-electron chi connectivity index (χ2n) is 8.62. The van der Waals surface area contributed by atoms with Gasteiger partial charge in [-0.3, -0.25) is 4.79 Å². The third-order valence-electron chi connectivity index (χ3n) is 5.92. The number of primary amides is 1. The van der Waals surface area contributed by atoms with E-state index in [0.29, 0.717) is 40.7 Å². The number of carbonyl (C=O) groups is 1. The summed E-state index contributed by atoms with van der Waals surface area (Å²) in [4.78, 5) is 28.3. The van der Waals surface area contributed by atoms with Gasteiger partial charge in [-0.1, -0.05) is 6.92 Å². The number of aromatic nitrogens is 4. The fourth-order valence-electron chi connectivity index (χ4n) is 4.25. The van der Waals surface area contributed by atoms with Crippen LogP contribution in [0, 0.1) is 18.8 Å². The standard InChI is InChI=1S/C22H23F3N6O2S/c1-11-5-14(30-18(6-11)31-17-7-16(22(23,24)25)28-10-29-17)15-9-27-20(34-15)21(33)4-3-13(19(26)32)12(2)8-21/h5-7,9-10,12-13,33H,3-4,8H2,1-2H3,(H2,26,32)(H,28,29,30,31)/t12-,13+,21+/m1/s1. The normalized spacial score (nSPS) is 23.0. The third kappa shape index (κ3) is 5.02. The minimum atomic E-state index is -4.59. The first kappa shape index (κ1) is 24.0. The van der Waals surface area contributed by atoms with Crippen LogP contribution in [0.4, 0.5) is 24.8 Å². The predicted molar refractivity (Wildman–Crippen MR) is 120 cm³/mol. The van der Waals surface area contributed by atoms with Crippen molar-refractivity contribution in [1.82, 2.24) is 19.9 Å². The summed E-state index contributed by atoms with van der Waals surface area (Å²) in [6, 6.07) is 4.31. The van der Waals surface area contributed by atoms with Crippen molar-refractivity contribution in [2.24, 2.45) is 17.6 Å². The molecule has 0 saturated heterocycles. The Kier molecular flexibility index (Phi) is 6.30. The molecule has 4 rings (SSSR count). The number of hydrogen-bond donors (Lipinski definition) is 3. The Morgan fingerprint density at radius 3 is 2.68 bits per heavy atom. The van der Waals surface area contributed by atoms with Crippen LogP contribution < -0.4 is 11.1 Å². The predicted octanol–water partition coefficient (Wildman–Crippen LogP) is 4.18. The number of aryl methyl sites for hydroxylation is 1. The van der Waals surface area contributed by atoms with E-state index in [2.05, 4.69) is 25.3 Å². The number of halogens is 3. The van der Waals surface area contributed by atoms with Gasteiger partial charge in [0.15, 0.2) is 0 Å². The summed E-state index contributed by atoms with van der Waals surface area (Å²) in [5.41, 5.74) is 4.63. The molecule has 3 atom stereocenters. The smallest absolute Gasteiger partial charge is 0.383 e. The van der Waals surface area contributed by atoms with Gasteiger partial charge in [-0.05, 0) is 49.8 Å². The van der Waals surface area contributed by atoms with E-state index in [-0.39, 0.29) is 23.6 Å². The van der Waals surface area contributed by atoms with Gasteiger partial charge >= 0.3 is 6.18 Å². The zero-order valence-corrected chi connectivity index (χ0v) is 19.2. The summed E-state index contributed by atoms with van der Waals surface area (Å²) in [5, 5.41) is 14.5. The molecule has 1 aliphatic carbocycles. The van der Waals surface area contributed by atoms with Crippen LogP contribution in [0.2, 0.25) is 0 Å². The van der Waals surface area contributed by atoms with Crippen molar-refractivity contribution in [1.29, 1.82) is 0 Å². The molecule has 0 aromatic carbocycles. The van der Waals surface area contributed by atoms with Crippen LogP contribution in [0.25, 0.3) is 10.6 Å². The molecule has 3 heterocycles. The lowest BCUT2D eigenvalue weighted by molar-refractivity contribution is -0.141. The number of nitrogens with two attached hydrogens (primary N) is 1. The number of nitrogens with zero attached hydrogens (tertiary/aromatic N) is 4. The van der Waals surface area contributed by atoms with E-state index in [0.717, 1.165) is 18.0 Å². The Morgan fingerprint density at radius 1 is 1.24 bits per heavy atom. The van der Waals surface area contributed by atoms with Crippen LogP contribution in [-0.4, -0.2) is 30.9 Å². The summed E-state index contributed by atoms with van der Waals surface area (Å²) >= 11 is 1.29. The lowest BCUT2D eigenvalue weighted by Gasteiger charge is -2.37. The van der Waals surface area contributed by atoms with Crippen LogP contribution in [0.15, 0.2) is 30.7 Å². The Hall–Kier alpha value is -3.12. The van der Waals surface area contributed by atoms with Crippen LogP contribution in [0.1, 0.15) is 42.5 Å². The van der Waals surface area contributed by atoms with Crippen LogP contribution >= 0.6 is 11.3 Å². The van der Waals surface area contributed by atoms with Gasteiger partial charge in [-0.25, -0.2) is 19.9 Å². The average molecular weight is 493 g/mol. The highest BCUT2D eigenvalue weighted by Gasteiger charge is 2.42. The maximum atomic E-state index is 12.9. The summed E-state index contributed by atoms with van der Waals surface area (Å²) in [7, 11) is 0. The molecule has 12 heteroatoms. The van der Waals surface area contributed by atoms with E-state index >= 15 is 0 Å². The van der Waals surface area contributed by atoms with Crippen LogP contribution in [0.5, 0.6) is 0 Å². The van der Waals surface area contributed by atoms with Gasteiger partial charge in [0.05, 0.1) is 10.6 Å². The number of amides is 1. The monoisotopic (exact) mass is 492 g/mol. The molecule has 0 radical (unpaired) electrons. The van der Waals surface area contributed by atoms with Crippen molar-refractivity contribution in [3.05, 3.63) is 47.0 Å². The van der Waals surface area contributed by atoms with Crippen molar-refractivity contribution in [2.45, 2.75) is 44.9 Å². The number of aliphatic hydroxyl groups is 1. The quantitative estimate of drug-likeness (QED) is 0.488. The second-order valence-corrected chi connectivity index (χ2v) is 9.65.